The molecule has 0 unspecified atom stereocenters. The van der Waals surface area contributed by atoms with Crippen molar-refractivity contribution < 1.29 is 18.4 Å². The highest BCUT2D eigenvalue weighted by Crippen LogP contribution is 2.32. The van der Waals surface area contributed by atoms with Gasteiger partial charge in [-0.05, 0) is 31.3 Å². The van der Waals surface area contributed by atoms with E-state index in [0.29, 0.717) is 29.7 Å². The quantitative estimate of drug-likeness (QED) is 0.783. The number of carbonyl (C=O) groups excluding carboxylic acids is 2. The van der Waals surface area contributed by atoms with Gasteiger partial charge in [-0.25, -0.2) is 0 Å². The lowest BCUT2D eigenvalue weighted by Crippen LogP contribution is -2.47. The van der Waals surface area contributed by atoms with Crippen molar-refractivity contribution in [2.45, 2.75) is 0 Å². The minimum absolute atomic E-state index is 0.149. The Kier molecular flexibility index (Phi) is 4.22. The normalized spacial score (nSPS) is 15.3. The number of furan rings is 2. The van der Waals surface area contributed by atoms with Crippen molar-refractivity contribution >= 4 is 28.5 Å². The standard InChI is InChI=1S/C19H19N3O4/c1-21-8-10-22(11-9-21)19(24)17-16(13-5-2-3-6-14(13)26-17)20-18(23)15-7-4-12-25-15/h2-7,12H,8-11H2,1H3,(H,20,23). The molecule has 2 aromatic heterocycles. The fourth-order valence-corrected chi connectivity index (χ4v) is 3.06. The van der Waals surface area contributed by atoms with Crippen molar-refractivity contribution in [3.8, 4) is 0 Å². The fourth-order valence-electron chi connectivity index (χ4n) is 3.06. The topological polar surface area (TPSA) is 78.9 Å². The molecule has 0 spiro atoms. The Hall–Kier alpha value is -3.06. The molecule has 0 saturated carbocycles. The van der Waals surface area contributed by atoms with Gasteiger partial charge in [0.2, 0.25) is 5.76 Å². The summed E-state index contributed by atoms with van der Waals surface area (Å²) in [7, 11) is 2.03. The van der Waals surface area contributed by atoms with Crippen LogP contribution in [0.4, 0.5) is 5.69 Å². The third kappa shape index (κ3) is 2.97. The number of para-hydroxylation sites is 1. The summed E-state index contributed by atoms with van der Waals surface area (Å²) in [6.07, 6.45) is 1.43. The third-order valence-corrected chi connectivity index (χ3v) is 4.56. The van der Waals surface area contributed by atoms with Gasteiger partial charge in [-0.1, -0.05) is 12.1 Å². The minimum Gasteiger partial charge on any atom is -0.459 e. The number of amides is 2. The molecule has 1 fully saturated rings. The molecule has 0 atom stereocenters. The number of nitrogens with one attached hydrogen (secondary N) is 1. The zero-order valence-electron chi connectivity index (χ0n) is 14.4. The van der Waals surface area contributed by atoms with Gasteiger partial charge in [0.25, 0.3) is 11.8 Å². The summed E-state index contributed by atoms with van der Waals surface area (Å²) >= 11 is 0. The summed E-state index contributed by atoms with van der Waals surface area (Å²) in [5.41, 5.74) is 0.936. The number of hydrogen-bond acceptors (Lipinski definition) is 5. The maximum absolute atomic E-state index is 13.0. The number of hydrogen-bond donors (Lipinski definition) is 1. The molecule has 7 heteroatoms. The van der Waals surface area contributed by atoms with Crippen LogP contribution < -0.4 is 5.32 Å². The van der Waals surface area contributed by atoms with Crippen LogP contribution in [-0.4, -0.2) is 54.8 Å². The molecule has 1 aliphatic heterocycles. The van der Waals surface area contributed by atoms with Crippen LogP contribution >= 0.6 is 0 Å². The van der Waals surface area contributed by atoms with Crippen LogP contribution in [0.25, 0.3) is 11.0 Å². The Morgan fingerprint density at radius 2 is 1.81 bits per heavy atom. The lowest BCUT2D eigenvalue weighted by molar-refractivity contribution is 0.0636. The minimum atomic E-state index is -0.422. The van der Waals surface area contributed by atoms with Crippen molar-refractivity contribution in [2.75, 3.05) is 38.5 Å². The lowest BCUT2D eigenvalue weighted by atomic mass is 10.2. The Labute approximate surface area is 150 Å². The van der Waals surface area contributed by atoms with Crippen molar-refractivity contribution in [1.29, 1.82) is 0 Å². The molecule has 1 saturated heterocycles. The van der Waals surface area contributed by atoms with Crippen molar-refractivity contribution in [2.24, 2.45) is 0 Å². The fraction of sp³-hybridized carbons (Fsp3) is 0.263. The van der Waals surface area contributed by atoms with E-state index in [9.17, 15) is 9.59 Å². The number of rotatable bonds is 3. The first-order chi connectivity index (χ1) is 12.6. The summed E-state index contributed by atoms with van der Waals surface area (Å²) in [5, 5.41) is 3.47. The van der Waals surface area contributed by atoms with Crippen molar-refractivity contribution in [1.82, 2.24) is 9.80 Å². The molecule has 26 heavy (non-hydrogen) atoms. The van der Waals surface area contributed by atoms with Gasteiger partial charge in [0.15, 0.2) is 5.76 Å². The number of piperazine rings is 1. The molecule has 3 aromatic rings. The molecule has 7 nitrogen and oxygen atoms in total. The van der Waals surface area contributed by atoms with E-state index in [-0.39, 0.29) is 17.4 Å². The summed E-state index contributed by atoms with van der Waals surface area (Å²) in [5.74, 6) is -0.318. The molecular formula is C19H19N3O4. The first kappa shape index (κ1) is 16.4. The van der Waals surface area contributed by atoms with Crippen LogP contribution in [0.15, 0.2) is 51.5 Å². The molecule has 1 aliphatic rings. The van der Waals surface area contributed by atoms with Gasteiger partial charge >= 0.3 is 0 Å². The van der Waals surface area contributed by atoms with Gasteiger partial charge in [0.1, 0.15) is 11.3 Å². The highest BCUT2D eigenvalue weighted by molar-refractivity contribution is 6.13. The highest BCUT2D eigenvalue weighted by atomic mass is 16.4. The van der Waals surface area contributed by atoms with E-state index in [1.807, 2.05) is 25.2 Å². The maximum Gasteiger partial charge on any atom is 0.291 e. The predicted octanol–water partition coefficient (Wildman–Crippen LogP) is 2.67. The molecule has 4 rings (SSSR count). The van der Waals surface area contributed by atoms with E-state index in [1.165, 1.54) is 6.26 Å². The summed E-state index contributed by atoms with van der Waals surface area (Å²) in [4.78, 5) is 29.4. The zero-order valence-corrected chi connectivity index (χ0v) is 14.4. The van der Waals surface area contributed by atoms with Crippen LogP contribution in [0.1, 0.15) is 21.1 Å². The smallest absolute Gasteiger partial charge is 0.291 e. The molecule has 1 N–H and O–H groups in total. The molecular weight excluding hydrogens is 334 g/mol. The molecule has 1 aromatic carbocycles. The molecule has 134 valence electrons. The molecule has 2 amide bonds. The second kappa shape index (κ2) is 6.68. The third-order valence-electron chi connectivity index (χ3n) is 4.56. The number of benzene rings is 1. The van der Waals surface area contributed by atoms with E-state index in [1.54, 1.807) is 23.1 Å². The van der Waals surface area contributed by atoms with Gasteiger partial charge in [0.05, 0.1) is 6.26 Å². The monoisotopic (exact) mass is 353 g/mol. The molecule has 0 bridgehead atoms. The summed E-state index contributed by atoms with van der Waals surface area (Å²) in [6, 6.07) is 10.5. The second-order valence-corrected chi connectivity index (χ2v) is 6.33. The van der Waals surface area contributed by atoms with E-state index in [4.69, 9.17) is 8.83 Å². The van der Waals surface area contributed by atoms with Crippen LogP contribution in [0, 0.1) is 0 Å². The van der Waals surface area contributed by atoms with E-state index in [2.05, 4.69) is 10.2 Å². The van der Waals surface area contributed by atoms with Gasteiger partial charge in [-0.3, -0.25) is 9.59 Å². The van der Waals surface area contributed by atoms with Gasteiger partial charge < -0.3 is 24.0 Å². The van der Waals surface area contributed by atoms with Crippen LogP contribution in [-0.2, 0) is 0 Å². The number of fused-ring (bicyclic) bond motifs is 1. The van der Waals surface area contributed by atoms with Gasteiger partial charge in [0, 0.05) is 31.6 Å². The highest BCUT2D eigenvalue weighted by Gasteiger charge is 2.28. The van der Waals surface area contributed by atoms with Crippen LogP contribution in [0.5, 0.6) is 0 Å². The largest absolute Gasteiger partial charge is 0.459 e. The number of anilines is 1. The average Bonchev–Trinajstić information content (AvgIpc) is 3.30. The van der Waals surface area contributed by atoms with Gasteiger partial charge in [-0.15, -0.1) is 0 Å². The number of carbonyl (C=O) groups is 2. The Morgan fingerprint density at radius 1 is 1.04 bits per heavy atom. The van der Waals surface area contributed by atoms with Crippen LogP contribution in [0.3, 0.4) is 0 Å². The van der Waals surface area contributed by atoms with Crippen LogP contribution in [0.2, 0.25) is 0 Å². The van der Waals surface area contributed by atoms with Gasteiger partial charge in [-0.2, -0.15) is 0 Å². The SMILES string of the molecule is CN1CCN(C(=O)c2oc3ccccc3c2NC(=O)c2ccco2)CC1. The lowest BCUT2D eigenvalue weighted by Gasteiger charge is -2.31. The van der Waals surface area contributed by atoms with Crippen molar-refractivity contribution in [3.05, 3.63) is 54.2 Å². The molecule has 0 radical (unpaired) electrons. The van der Waals surface area contributed by atoms with E-state index < -0.39 is 5.91 Å². The first-order valence-corrected chi connectivity index (χ1v) is 8.47. The number of nitrogens with zero attached hydrogens (tertiary/aromatic N) is 2. The summed E-state index contributed by atoms with van der Waals surface area (Å²) < 4.78 is 11.0. The Morgan fingerprint density at radius 3 is 2.54 bits per heavy atom. The predicted molar refractivity (Wildman–Crippen MR) is 96.3 cm³/mol. The summed E-state index contributed by atoms with van der Waals surface area (Å²) in [6.45, 7) is 2.86. The van der Waals surface area contributed by atoms with Crippen molar-refractivity contribution in [3.63, 3.8) is 0 Å². The molecule has 3 heterocycles. The number of likely N-dealkylation sites (N-methyl/N-ethyl adjacent to an activating group) is 1. The Bertz CT molecular complexity index is 937. The second-order valence-electron chi connectivity index (χ2n) is 6.33. The van der Waals surface area contributed by atoms with E-state index in [0.717, 1.165) is 13.1 Å². The molecule has 0 aliphatic carbocycles. The average molecular weight is 353 g/mol. The maximum atomic E-state index is 13.0. The van der Waals surface area contributed by atoms with E-state index >= 15 is 0 Å². The zero-order chi connectivity index (χ0) is 18.1. The first-order valence-electron chi connectivity index (χ1n) is 8.47. The Balaban J connectivity index is 1.69.